The maximum absolute atomic E-state index is 11.7. The van der Waals surface area contributed by atoms with Gasteiger partial charge in [0, 0.05) is 13.3 Å². The van der Waals surface area contributed by atoms with Crippen LogP contribution in [0.4, 0.5) is 5.13 Å². The predicted octanol–water partition coefficient (Wildman–Crippen LogP) is 4.20. The SMILES string of the molecule is CC(=O)c1sc(N2N=C(c3ccco3)CC2c2ccco2)nc1C. The fraction of sp³-hybridized carbons (Fsp3) is 0.235. The van der Waals surface area contributed by atoms with Crippen molar-refractivity contribution in [1.29, 1.82) is 0 Å². The Morgan fingerprint density at radius 3 is 2.71 bits per heavy atom. The largest absolute Gasteiger partial charge is 0.467 e. The molecule has 0 fully saturated rings. The molecule has 122 valence electrons. The Morgan fingerprint density at radius 1 is 1.29 bits per heavy atom. The van der Waals surface area contributed by atoms with Crippen LogP contribution in [-0.2, 0) is 0 Å². The quantitative estimate of drug-likeness (QED) is 0.665. The molecule has 4 heterocycles. The van der Waals surface area contributed by atoms with Crippen molar-refractivity contribution in [2.75, 3.05) is 5.01 Å². The maximum Gasteiger partial charge on any atom is 0.207 e. The molecule has 24 heavy (non-hydrogen) atoms. The molecule has 7 heteroatoms. The maximum atomic E-state index is 11.7. The second-order valence-electron chi connectivity index (χ2n) is 5.57. The minimum atomic E-state index is -0.106. The van der Waals surface area contributed by atoms with E-state index >= 15 is 0 Å². The molecule has 1 unspecified atom stereocenters. The molecule has 0 N–H and O–H groups in total. The molecule has 0 bridgehead atoms. The molecular formula is C17H15N3O3S. The van der Waals surface area contributed by atoms with Gasteiger partial charge in [0.15, 0.2) is 5.78 Å². The molecule has 1 atom stereocenters. The monoisotopic (exact) mass is 341 g/mol. The average Bonchev–Trinajstić information content (AvgIpc) is 3.32. The zero-order valence-electron chi connectivity index (χ0n) is 13.2. The van der Waals surface area contributed by atoms with E-state index in [1.165, 1.54) is 11.3 Å². The third-order valence-electron chi connectivity index (χ3n) is 3.89. The van der Waals surface area contributed by atoms with Gasteiger partial charge in [0.25, 0.3) is 0 Å². The van der Waals surface area contributed by atoms with Gasteiger partial charge in [0.05, 0.1) is 23.1 Å². The first-order valence-electron chi connectivity index (χ1n) is 7.56. The van der Waals surface area contributed by atoms with Crippen LogP contribution in [0, 0.1) is 6.92 Å². The number of anilines is 1. The number of rotatable bonds is 4. The van der Waals surface area contributed by atoms with Crippen LogP contribution in [0.5, 0.6) is 0 Å². The molecule has 1 aliphatic rings. The normalized spacial score (nSPS) is 17.3. The van der Waals surface area contributed by atoms with E-state index in [0.29, 0.717) is 16.4 Å². The Bertz CT molecular complexity index is 894. The fourth-order valence-electron chi connectivity index (χ4n) is 2.79. The Hall–Kier alpha value is -2.67. The van der Waals surface area contributed by atoms with Gasteiger partial charge in [-0.05, 0) is 31.2 Å². The topological polar surface area (TPSA) is 71.8 Å². The number of carbonyl (C=O) groups is 1. The number of hydrogen-bond acceptors (Lipinski definition) is 7. The summed E-state index contributed by atoms with van der Waals surface area (Å²) in [6, 6.07) is 7.39. The van der Waals surface area contributed by atoms with Gasteiger partial charge in [-0.1, -0.05) is 11.3 Å². The second-order valence-corrected chi connectivity index (χ2v) is 6.55. The van der Waals surface area contributed by atoms with Gasteiger partial charge in [-0.2, -0.15) is 5.10 Å². The number of Topliss-reactive ketones (excluding diaryl/α,β-unsaturated/α-hetero) is 1. The highest BCUT2D eigenvalue weighted by atomic mass is 32.1. The first-order valence-corrected chi connectivity index (χ1v) is 8.37. The molecule has 3 aromatic heterocycles. The summed E-state index contributed by atoms with van der Waals surface area (Å²) in [5.74, 6) is 1.55. The third-order valence-corrected chi connectivity index (χ3v) is 5.14. The lowest BCUT2D eigenvalue weighted by Gasteiger charge is -2.18. The van der Waals surface area contributed by atoms with Crippen LogP contribution in [-0.4, -0.2) is 16.5 Å². The van der Waals surface area contributed by atoms with Crippen molar-refractivity contribution in [2.24, 2.45) is 5.10 Å². The second kappa shape index (κ2) is 5.76. The Morgan fingerprint density at radius 2 is 2.08 bits per heavy atom. The molecule has 6 nitrogen and oxygen atoms in total. The third kappa shape index (κ3) is 2.46. The van der Waals surface area contributed by atoms with E-state index in [1.54, 1.807) is 19.5 Å². The minimum absolute atomic E-state index is 0.0141. The zero-order chi connectivity index (χ0) is 16.7. The number of aromatic nitrogens is 1. The molecule has 3 aromatic rings. The first-order chi connectivity index (χ1) is 11.6. The molecule has 0 spiro atoms. The van der Waals surface area contributed by atoms with Crippen LogP contribution in [0.1, 0.15) is 46.3 Å². The van der Waals surface area contributed by atoms with Crippen molar-refractivity contribution in [3.05, 3.63) is 58.9 Å². The van der Waals surface area contributed by atoms with Crippen LogP contribution >= 0.6 is 11.3 Å². The van der Waals surface area contributed by atoms with Crippen LogP contribution < -0.4 is 5.01 Å². The summed E-state index contributed by atoms with van der Waals surface area (Å²) >= 11 is 1.35. The van der Waals surface area contributed by atoms with E-state index in [0.717, 1.165) is 22.9 Å². The van der Waals surface area contributed by atoms with Gasteiger partial charge in [-0.3, -0.25) is 4.79 Å². The Labute approximate surface area is 142 Å². The van der Waals surface area contributed by atoms with Crippen LogP contribution in [0.2, 0.25) is 0 Å². The summed E-state index contributed by atoms with van der Waals surface area (Å²) in [6.45, 7) is 3.39. The van der Waals surface area contributed by atoms with Crippen LogP contribution in [0.3, 0.4) is 0 Å². The summed E-state index contributed by atoms with van der Waals surface area (Å²) in [6.07, 6.45) is 3.92. The van der Waals surface area contributed by atoms with Crippen molar-refractivity contribution < 1.29 is 13.6 Å². The number of thiazole rings is 1. The summed E-state index contributed by atoms with van der Waals surface area (Å²) in [4.78, 5) is 16.9. The number of hydrogen-bond donors (Lipinski definition) is 0. The van der Waals surface area contributed by atoms with Crippen molar-refractivity contribution in [3.8, 4) is 0 Å². The lowest BCUT2D eigenvalue weighted by molar-refractivity contribution is 0.102. The van der Waals surface area contributed by atoms with E-state index in [2.05, 4.69) is 10.1 Å². The van der Waals surface area contributed by atoms with Crippen molar-refractivity contribution in [2.45, 2.75) is 26.3 Å². The van der Waals surface area contributed by atoms with E-state index in [4.69, 9.17) is 8.83 Å². The lowest BCUT2D eigenvalue weighted by Crippen LogP contribution is -2.17. The fourth-order valence-corrected chi connectivity index (χ4v) is 3.75. The number of nitrogens with zero attached hydrogens (tertiary/aromatic N) is 3. The van der Waals surface area contributed by atoms with Crippen molar-refractivity contribution in [1.82, 2.24) is 4.98 Å². The van der Waals surface area contributed by atoms with Gasteiger partial charge < -0.3 is 8.83 Å². The highest BCUT2D eigenvalue weighted by molar-refractivity contribution is 7.17. The first kappa shape index (κ1) is 14.9. The van der Waals surface area contributed by atoms with Gasteiger partial charge in [-0.25, -0.2) is 9.99 Å². The smallest absolute Gasteiger partial charge is 0.207 e. The minimum Gasteiger partial charge on any atom is -0.467 e. The van der Waals surface area contributed by atoms with Gasteiger partial charge in [-0.15, -0.1) is 0 Å². The Balaban J connectivity index is 1.76. The molecule has 1 aliphatic heterocycles. The van der Waals surface area contributed by atoms with E-state index in [9.17, 15) is 4.79 Å². The highest BCUT2D eigenvalue weighted by Crippen LogP contribution is 2.39. The van der Waals surface area contributed by atoms with Crippen molar-refractivity contribution >= 4 is 28.0 Å². The highest BCUT2D eigenvalue weighted by Gasteiger charge is 2.35. The Kier molecular flexibility index (Phi) is 3.57. The van der Waals surface area contributed by atoms with E-state index < -0.39 is 0 Å². The molecular weight excluding hydrogens is 326 g/mol. The number of ketones is 1. The average molecular weight is 341 g/mol. The van der Waals surface area contributed by atoms with E-state index in [1.807, 2.05) is 36.2 Å². The van der Waals surface area contributed by atoms with Crippen molar-refractivity contribution in [3.63, 3.8) is 0 Å². The number of furan rings is 2. The lowest BCUT2D eigenvalue weighted by atomic mass is 10.1. The molecule has 0 aromatic carbocycles. The molecule has 0 amide bonds. The molecule has 0 radical (unpaired) electrons. The predicted molar refractivity (Wildman–Crippen MR) is 90.6 cm³/mol. The molecule has 0 aliphatic carbocycles. The number of carbonyl (C=O) groups excluding carboxylic acids is 1. The van der Waals surface area contributed by atoms with Crippen LogP contribution in [0.15, 0.2) is 50.7 Å². The summed E-state index contributed by atoms with van der Waals surface area (Å²) in [7, 11) is 0. The molecule has 0 saturated carbocycles. The summed E-state index contributed by atoms with van der Waals surface area (Å²) in [5, 5.41) is 7.19. The van der Waals surface area contributed by atoms with Gasteiger partial charge in [0.1, 0.15) is 23.3 Å². The summed E-state index contributed by atoms with van der Waals surface area (Å²) < 4.78 is 11.1. The van der Waals surface area contributed by atoms with Gasteiger partial charge in [0.2, 0.25) is 5.13 Å². The number of hydrazone groups is 1. The summed E-state index contributed by atoms with van der Waals surface area (Å²) in [5.41, 5.74) is 1.56. The zero-order valence-corrected chi connectivity index (χ0v) is 14.0. The number of aryl methyl sites for hydroxylation is 1. The van der Waals surface area contributed by atoms with Gasteiger partial charge >= 0.3 is 0 Å². The van der Waals surface area contributed by atoms with E-state index in [-0.39, 0.29) is 11.8 Å². The molecule has 4 rings (SSSR count). The standard InChI is InChI=1S/C17H15N3O3S/c1-10-16(11(2)21)24-17(18-10)20-13(15-6-4-8-23-15)9-12(19-20)14-5-3-7-22-14/h3-8,13H,9H2,1-2H3. The van der Waals surface area contributed by atoms with Crippen LogP contribution in [0.25, 0.3) is 0 Å². The molecule has 0 saturated heterocycles.